The van der Waals surface area contributed by atoms with Crippen LogP contribution in [0, 0.1) is 11.3 Å². The van der Waals surface area contributed by atoms with Crippen molar-refractivity contribution in [1.29, 1.82) is 0 Å². The zero-order chi connectivity index (χ0) is 15.6. The Morgan fingerprint density at radius 3 is 2.50 bits per heavy atom. The van der Waals surface area contributed by atoms with E-state index in [9.17, 15) is 8.42 Å². The third-order valence-electron chi connectivity index (χ3n) is 3.54. The Morgan fingerprint density at radius 2 is 2.05 bits per heavy atom. The van der Waals surface area contributed by atoms with Gasteiger partial charge in [-0.1, -0.05) is 39.3 Å². The van der Waals surface area contributed by atoms with Crippen LogP contribution in [0.25, 0.3) is 0 Å². The van der Waals surface area contributed by atoms with Crippen molar-refractivity contribution in [2.75, 3.05) is 12.0 Å². The SMILES string of the molecule is CC(C)C(C)(C)CNS(=O)(=O)c1cnc(NN)c(Cl)c1. The molecule has 20 heavy (non-hydrogen) atoms. The van der Waals surface area contributed by atoms with Gasteiger partial charge in [-0.3, -0.25) is 0 Å². The van der Waals surface area contributed by atoms with E-state index < -0.39 is 10.0 Å². The van der Waals surface area contributed by atoms with Crippen LogP contribution in [0.4, 0.5) is 5.82 Å². The molecule has 6 nitrogen and oxygen atoms in total. The molecule has 0 saturated heterocycles. The molecule has 114 valence electrons. The maximum Gasteiger partial charge on any atom is 0.242 e. The van der Waals surface area contributed by atoms with Gasteiger partial charge in [-0.25, -0.2) is 24.0 Å². The lowest BCUT2D eigenvalue weighted by Gasteiger charge is -2.29. The van der Waals surface area contributed by atoms with Gasteiger partial charge in [0.2, 0.25) is 10.0 Å². The molecular weight excluding hydrogens is 300 g/mol. The number of sulfonamides is 1. The van der Waals surface area contributed by atoms with Gasteiger partial charge in [0, 0.05) is 12.7 Å². The first-order chi connectivity index (χ1) is 9.10. The number of hydrazine groups is 1. The third-order valence-corrected chi connectivity index (χ3v) is 5.20. The summed E-state index contributed by atoms with van der Waals surface area (Å²) in [7, 11) is -3.64. The second-order valence-electron chi connectivity index (χ2n) is 5.61. The molecule has 4 N–H and O–H groups in total. The summed E-state index contributed by atoms with van der Waals surface area (Å²) >= 11 is 5.88. The summed E-state index contributed by atoms with van der Waals surface area (Å²) in [5, 5.41) is 0.151. The van der Waals surface area contributed by atoms with Crippen molar-refractivity contribution in [2.45, 2.75) is 32.6 Å². The quantitative estimate of drug-likeness (QED) is 0.550. The zero-order valence-electron chi connectivity index (χ0n) is 12.1. The van der Waals surface area contributed by atoms with Crippen LogP contribution in [0.3, 0.4) is 0 Å². The molecule has 0 bridgehead atoms. The van der Waals surface area contributed by atoms with Crippen LogP contribution in [0.5, 0.6) is 0 Å². The van der Waals surface area contributed by atoms with Gasteiger partial charge in [-0.05, 0) is 17.4 Å². The monoisotopic (exact) mass is 320 g/mol. The lowest BCUT2D eigenvalue weighted by Crippen LogP contribution is -2.37. The summed E-state index contributed by atoms with van der Waals surface area (Å²) in [6, 6.07) is 1.31. The van der Waals surface area contributed by atoms with E-state index in [4.69, 9.17) is 17.4 Å². The van der Waals surface area contributed by atoms with Gasteiger partial charge >= 0.3 is 0 Å². The van der Waals surface area contributed by atoms with Crippen LogP contribution < -0.4 is 16.0 Å². The first-order valence-electron chi connectivity index (χ1n) is 6.22. The van der Waals surface area contributed by atoms with Crippen molar-refractivity contribution in [1.82, 2.24) is 9.71 Å². The lowest BCUT2D eigenvalue weighted by atomic mass is 9.81. The number of nitrogens with one attached hydrogen (secondary N) is 2. The van der Waals surface area contributed by atoms with Crippen molar-refractivity contribution >= 4 is 27.4 Å². The predicted octanol–water partition coefficient (Wildman–Crippen LogP) is 1.98. The molecule has 0 fully saturated rings. The molecule has 1 heterocycles. The molecule has 1 aromatic heterocycles. The average molecular weight is 321 g/mol. The number of hydrogen-bond acceptors (Lipinski definition) is 5. The Balaban J connectivity index is 2.92. The maximum absolute atomic E-state index is 12.2. The molecule has 0 saturated carbocycles. The number of rotatable bonds is 6. The molecule has 1 rings (SSSR count). The number of nitrogens with two attached hydrogens (primary N) is 1. The highest BCUT2D eigenvalue weighted by atomic mass is 35.5. The number of nitrogens with zero attached hydrogens (tertiary/aromatic N) is 1. The number of halogens is 1. The molecule has 8 heteroatoms. The summed E-state index contributed by atoms with van der Waals surface area (Å²) in [6.07, 6.45) is 1.21. The first kappa shape index (κ1) is 17.2. The minimum absolute atomic E-state index is 0.0149. The van der Waals surface area contributed by atoms with Crippen molar-refractivity contribution in [2.24, 2.45) is 17.2 Å². The molecule has 0 atom stereocenters. The van der Waals surface area contributed by atoms with Gasteiger partial charge in [-0.2, -0.15) is 0 Å². The number of pyridine rings is 1. The van der Waals surface area contributed by atoms with E-state index in [1.807, 2.05) is 13.8 Å². The van der Waals surface area contributed by atoms with Crippen molar-refractivity contribution in [3.05, 3.63) is 17.3 Å². The number of nitrogen functional groups attached to an aromatic ring is 1. The van der Waals surface area contributed by atoms with Gasteiger partial charge in [0.1, 0.15) is 4.90 Å². The van der Waals surface area contributed by atoms with E-state index in [-0.39, 0.29) is 21.2 Å². The second-order valence-corrected chi connectivity index (χ2v) is 7.79. The van der Waals surface area contributed by atoms with E-state index in [1.54, 1.807) is 0 Å². The lowest BCUT2D eigenvalue weighted by molar-refractivity contribution is 0.252. The van der Waals surface area contributed by atoms with E-state index in [2.05, 4.69) is 29.0 Å². The topological polar surface area (TPSA) is 97.1 Å². The minimum Gasteiger partial charge on any atom is -0.307 e. The smallest absolute Gasteiger partial charge is 0.242 e. The van der Waals surface area contributed by atoms with Crippen molar-refractivity contribution in [3.8, 4) is 0 Å². The summed E-state index contributed by atoms with van der Waals surface area (Å²) in [5.74, 6) is 5.77. The van der Waals surface area contributed by atoms with E-state index >= 15 is 0 Å². The fraction of sp³-hybridized carbons (Fsp3) is 0.583. The van der Waals surface area contributed by atoms with Crippen LogP contribution in [0.15, 0.2) is 17.2 Å². The van der Waals surface area contributed by atoms with Gasteiger partial charge in [0.15, 0.2) is 5.82 Å². The zero-order valence-corrected chi connectivity index (χ0v) is 13.6. The molecular formula is C12H21ClN4O2S. The van der Waals surface area contributed by atoms with E-state index in [1.165, 1.54) is 12.3 Å². The van der Waals surface area contributed by atoms with Crippen molar-refractivity contribution < 1.29 is 8.42 Å². The fourth-order valence-electron chi connectivity index (χ4n) is 1.24. The highest BCUT2D eigenvalue weighted by molar-refractivity contribution is 7.89. The second kappa shape index (κ2) is 6.26. The van der Waals surface area contributed by atoms with E-state index in [0.717, 1.165) is 0 Å². The van der Waals surface area contributed by atoms with Gasteiger partial charge in [0.25, 0.3) is 0 Å². The predicted molar refractivity (Wildman–Crippen MR) is 80.9 cm³/mol. The van der Waals surface area contributed by atoms with Crippen LogP contribution >= 0.6 is 11.6 Å². The molecule has 0 radical (unpaired) electrons. The van der Waals surface area contributed by atoms with Crippen LogP contribution in [-0.4, -0.2) is 19.9 Å². The van der Waals surface area contributed by atoms with Gasteiger partial charge in [0.05, 0.1) is 5.02 Å². The standard InChI is InChI=1S/C12H21ClN4O2S/c1-8(2)12(3,4)7-16-20(18,19)9-5-10(13)11(17-14)15-6-9/h5-6,8,16H,7,14H2,1-4H3,(H,15,17). The van der Waals surface area contributed by atoms with Crippen LogP contribution in [0.2, 0.25) is 5.02 Å². The van der Waals surface area contributed by atoms with E-state index in [0.29, 0.717) is 12.5 Å². The molecule has 0 aliphatic heterocycles. The summed E-state index contributed by atoms with van der Waals surface area (Å²) in [6.45, 7) is 8.45. The molecule has 0 aromatic carbocycles. The van der Waals surface area contributed by atoms with Crippen molar-refractivity contribution in [3.63, 3.8) is 0 Å². The number of aromatic nitrogens is 1. The number of anilines is 1. The molecule has 0 spiro atoms. The third kappa shape index (κ3) is 4.05. The molecule has 0 unspecified atom stereocenters. The Hall–Kier alpha value is -0.890. The highest BCUT2D eigenvalue weighted by Crippen LogP contribution is 2.26. The Morgan fingerprint density at radius 1 is 1.45 bits per heavy atom. The molecule has 0 amide bonds. The Bertz CT molecular complexity index is 573. The maximum atomic E-state index is 12.2. The summed E-state index contributed by atoms with van der Waals surface area (Å²) in [4.78, 5) is 3.87. The Labute approximate surface area is 125 Å². The molecule has 0 aliphatic carbocycles. The summed E-state index contributed by atoms with van der Waals surface area (Å²) < 4.78 is 27.0. The normalized spacial score (nSPS) is 12.8. The average Bonchev–Trinajstić information content (AvgIpc) is 2.36. The largest absolute Gasteiger partial charge is 0.307 e. The van der Waals surface area contributed by atoms with Crippen LogP contribution in [-0.2, 0) is 10.0 Å². The first-order valence-corrected chi connectivity index (χ1v) is 8.08. The summed E-state index contributed by atoms with van der Waals surface area (Å²) in [5.41, 5.74) is 2.14. The van der Waals surface area contributed by atoms with Crippen LogP contribution in [0.1, 0.15) is 27.7 Å². The fourth-order valence-corrected chi connectivity index (χ4v) is 2.72. The van der Waals surface area contributed by atoms with Gasteiger partial charge < -0.3 is 5.43 Å². The number of hydrogen-bond donors (Lipinski definition) is 3. The minimum atomic E-state index is -3.64. The highest BCUT2D eigenvalue weighted by Gasteiger charge is 2.25. The molecule has 0 aliphatic rings. The molecule has 1 aromatic rings. The van der Waals surface area contributed by atoms with Gasteiger partial charge in [-0.15, -0.1) is 0 Å². The Kier molecular flexibility index (Phi) is 5.37.